The van der Waals surface area contributed by atoms with Crippen LogP contribution < -0.4 is 0 Å². The van der Waals surface area contributed by atoms with Crippen molar-refractivity contribution in [1.29, 1.82) is 0 Å². The van der Waals surface area contributed by atoms with E-state index in [9.17, 15) is 8.42 Å². The molecule has 1 heterocycles. The molecule has 1 aromatic rings. The number of aryl methyl sites for hydroxylation is 1. The molecular formula is C17H23NO3S. The van der Waals surface area contributed by atoms with Crippen LogP contribution in [0.4, 0.5) is 0 Å². The highest BCUT2D eigenvalue weighted by Crippen LogP contribution is 2.28. The van der Waals surface area contributed by atoms with Crippen molar-refractivity contribution >= 4 is 16.1 Å². The van der Waals surface area contributed by atoms with E-state index in [1.807, 2.05) is 24.3 Å². The Hall–Kier alpha value is -1.17. The van der Waals surface area contributed by atoms with Gasteiger partial charge in [-0.3, -0.25) is 0 Å². The fourth-order valence-corrected chi connectivity index (χ4v) is 4.54. The minimum absolute atomic E-state index is 0.0324. The molecule has 1 saturated heterocycles. The van der Waals surface area contributed by atoms with Crippen molar-refractivity contribution in [3.05, 3.63) is 40.3 Å². The zero-order chi connectivity index (χ0) is 15.6. The van der Waals surface area contributed by atoms with Crippen molar-refractivity contribution < 1.29 is 13.2 Å². The Morgan fingerprint density at radius 2 is 2.05 bits per heavy atom. The normalized spacial score (nSPS) is 22.3. The lowest BCUT2D eigenvalue weighted by Crippen LogP contribution is -2.37. The van der Waals surface area contributed by atoms with Crippen LogP contribution in [0, 0.1) is 0 Å². The molecule has 0 spiro atoms. The topological polar surface area (TPSA) is 46.6 Å². The summed E-state index contributed by atoms with van der Waals surface area (Å²) in [7, 11) is -1.73. The second-order valence-electron chi connectivity index (χ2n) is 6.08. The minimum Gasteiger partial charge on any atom is -0.377 e. The summed E-state index contributed by atoms with van der Waals surface area (Å²) in [6.07, 6.45) is 6.37. The zero-order valence-corrected chi connectivity index (χ0v) is 13.8. The van der Waals surface area contributed by atoms with Gasteiger partial charge in [0, 0.05) is 20.2 Å². The fraction of sp³-hybridized carbons (Fsp3) is 0.529. The molecule has 1 aromatic carbocycles. The van der Waals surface area contributed by atoms with Crippen molar-refractivity contribution in [2.45, 2.75) is 38.2 Å². The van der Waals surface area contributed by atoms with E-state index in [0.29, 0.717) is 17.9 Å². The summed E-state index contributed by atoms with van der Waals surface area (Å²) in [6.45, 7) is 1.19. The van der Waals surface area contributed by atoms with E-state index < -0.39 is 10.0 Å². The van der Waals surface area contributed by atoms with Crippen LogP contribution >= 0.6 is 0 Å². The molecule has 0 aromatic heterocycles. The third-order valence-corrected chi connectivity index (χ3v) is 6.44. The third-order valence-electron chi connectivity index (χ3n) is 4.49. The summed E-state index contributed by atoms with van der Waals surface area (Å²) in [5.41, 5.74) is 2.24. The van der Waals surface area contributed by atoms with Gasteiger partial charge < -0.3 is 4.74 Å². The number of allylic oxidation sites excluding steroid dienone is 1. The monoisotopic (exact) mass is 321 g/mol. The van der Waals surface area contributed by atoms with Crippen molar-refractivity contribution in [2.24, 2.45) is 0 Å². The minimum atomic E-state index is -3.39. The molecule has 5 heteroatoms. The second kappa shape index (κ2) is 6.52. The van der Waals surface area contributed by atoms with E-state index in [1.54, 1.807) is 7.05 Å². The quantitative estimate of drug-likeness (QED) is 0.857. The van der Waals surface area contributed by atoms with E-state index >= 15 is 0 Å². The Kier molecular flexibility index (Phi) is 4.66. The second-order valence-corrected chi connectivity index (χ2v) is 8.18. The van der Waals surface area contributed by atoms with Crippen LogP contribution in [-0.4, -0.2) is 39.0 Å². The van der Waals surface area contributed by atoms with Crippen LogP contribution in [0.3, 0.4) is 0 Å². The standard InChI is InChI=1S/C17H23NO3S/c1-18(13-16-8-4-5-11-21-16)22(19,20)17-10-9-14-6-2-3-7-15(14)12-17/h2-3,6-7,12,16H,4-5,8-11,13H2,1H3. The van der Waals surface area contributed by atoms with Gasteiger partial charge in [-0.2, -0.15) is 4.31 Å². The van der Waals surface area contributed by atoms with E-state index in [-0.39, 0.29) is 6.10 Å². The lowest BCUT2D eigenvalue weighted by Gasteiger charge is -2.28. The number of hydrogen-bond acceptors (Lipinski definition) is 3. The number of ether oxygens (including phenoxy) is 1. The SMILES string of the molecule is CN(CC1CCCCO1)S(=O)(=O)C1=Cc2ccccc2CC1. The molecule has 1 atom stereocenters. The predicted molar refractivity (Wildman–Crippen MR) is 87.9 cm³/mol. The first kappa shape index (κ1) is 15.7. The average molecular weight is 321 g/mol. The van der Waals surface area contributed by atoms with Gasteiger partial charge in [-0.1, -0.05) is 24.3 Å². The maximum atomic E-state index is 12.8. The van der Waals surface area contributed by atoms with Gasteiger partial charge in [0.1, 0.15) is 0 Å². The maximum Gasteiger partial charge on any atom is 0.239 e. The average Bonchev–Trinajstić information content (AvgIpc) is 2.55. The summed E-state index contributed by atoms with van der Waals surface area (Å²) >= 11 is 0. The van der Waals surface area contributed by atoms with Crippen LogP contribution in [0.5, 0.6) is 0 Å². The maximum absolute atomic E-state index is 12.8. The molecule has 1 unspecified atom stereocenters. The summed E-state index contributed by atoms with van der Waals surface area (Å²) in [4.78, 5) is 0.518. The van der Waals surface area contributed by atoms with Crippen LogP contribution in [0.25, 0.3) is 6.08 Å². The van der Waals surface area contributed by atoms with Gasteiger partial charge in [0.05, 0.1) is 11.0 Å². The van der Waals surface area contributed by atoms with Crippen molar-refractivity contribution in [2.75, 3.05) is 20.2 Å². The summed E-state index contributed by atoms with van der Waals surface area (Å²) < 4.78 is 32.7. The molecule has 3 rings (SSSR count). The van der Waals surface area contributed by atoms with Crippen LogP contribution in [0.2, 0.25) is 0 Å². The first-order chi connectivity index (χ1) is 10.6. The van der Waals surface area contributed by atoms with Crippen LogP contribution in [-0.2, 0) is 21.2 Å². The Morgan fingerprint density at radius 1 is 1.23 bits per heavy atom. The number of hydrogen-bond donors (Lipinski definition) is 0. The molecule has 1 aliphatic heterocycles. The number of nitrogens with zero attached hydrogens (tertiary/aromatic N) is 1. The van der Waals surface area contributed by atoms with E-state index in [2.05, 4.69) is 6.07 Å². The van der Waals surface area contributed by atoms with E-state index in [4.69, 9.17) is 4.74 Å². The first-order valence-electron chi connectivity index (χ1n) is 7.94. The van der Waals surface area contributed by atoms with Gasteiger partial charge in [0.25, 0.3) is 0 Å². The van der Waals surface area contributed by atoms with Gasteiger partial charge in [0.2, 0.25) is 10.0 Å². The van der Waals surface area contributed by atoms with Gasteiger partial charge in [-0.25, -0.2) is 8.42 Å². The molecule has 4 nitrogen and oxygen atoms in total. The number of likely N-dealkylation sites (N-methyl/N-ethyl adjacent to an activating group) is 1. The number of sulfonamides is 1. The number of rotatable bonds is 4. The van der Waals surface area contributed by atoms with Crippen molar-refractivity contribution in [3.8, 4) is 0 Å². The van der Waals surface area contributed by atoms with Gasteiger partial charge in [-0.05, 0) is 49.3 Å². The molecule has 120 valence electrons. The molecular weight excluding hydrogens is 298 g/mol. The fourth-order valence-electron chi connectivity index (χ4n) is 3.15. The number of benzene rings is 1. The highest BCUT2D eigenvalue weighted by Gasteiger charge is 2.28. The molecule has 1 aliphatic carbocycles. The van der Waals surface area contributed by atoms with Gasteiger partial charge in [0.15, 0.2) is 0 Å². The van der Waals surface area contributed by atoms with E-state index in [0.717, 1.165) is 37.9 Å². The van der Waals surface area contributed by atoms with Crippen LogP contribution in [0.1, 0.15) is 36.8 Å². The molecule has 0 radical (unpaired) electrons. The molecule has 0 N–H and O–H groups in total. The van der Waals surface area contributed by atoms with Crippen LogP contribution in [0.15, 0.2) is 29.2 Å². The Bertz CT molecular complexity index is 660. The molecule has 0 saturated carbocycles. The van der Waals surface area contributed by atoms with Crippen molar-refractivity contribution in [1.82, 2.24) is 4.31 Å². The first-order valence-corrected chi connectivity index (χ1v) is 9.38. The van der Waals surface area contributed by atoms with Crippen molar-refractivity contribution in [3.63, 3.8) is 0 Å². The summed E-state index contributed by atoms with van der Waals surface area (Å²) in [5.74, 6) is 0. The molecule has 2 aliphatic rings. The van der Waals surface area contributed by atoms with Gasteiger partial charge in [-0.15, -0.1) is 0 Å². The Balaban J connectivity index is 1.76. The summed E-state index contributed by atoms with van der Waals surface area (Å²) in [6, 6.07) is 7.99. The smallest absolute Gasteiger partial charge is 0.239 e. The molecule has 1 fully saturated rings. The molecule has 0 amide bonds. The predicted octanol–water partition coefficient (Wildman–Crippen LogP) is 2.80. The molecule has 22 heavy (non-hydrogen) atoms. The highest BCUT2D eigenvalue weighted by molar-refractivity contribution is 7.93. The lowest BCUT2D eigenvalue weighted by molar-refractivity contribution is 0.00867. The third kappa shape index (κ3) is 3.26. The summed E-state index contributed by atoms with van der Waals surface area (Å²) in [5, 5.41) is 0. The highest BCUT2D eigenvalue weighted by atomic mass is 32.2. The molecule has 0 bridgehead atoms. The van der Waals surface area contributed by atoms with Gasteiger partial charge >= 0.3 is 0 Å². The zero-order valence-electron chi connectivity index (χ0n) is 13.0. The lowest BCUT2D eigenvalue weighted by atomic mass is 9.98. The largest absolute Gasteiger partial charge is 0.377 e. The Labute approximate surface area is 132 Å². The van der Waals surface area contributed by atoms with E-state index in [1.165, 1.54) is 9.87 Å². The number of fused-ring (bicyclic) bond motifs is 1. The Morgan fingerprint density at radius 3 is 2.82 bits per heavy atom.